The van der Waals surface area contributed by atoms with Crippen molar-refractivity contribution in [2.75, 3.05) is 12.4 Å². The number of nitrogens with zero attached hydrogens (tertiary/aromatic N) is 1. The maximum Gasteiger partial charge on any atom is 0.274 e. The molecule has 0 spiro atoms. The third kappa shape index (κ3) is 3.83. The molecule has 5 heteroatoms. The second-order valence-corrected chi connectivity index (χ2v) is 5.67. The molecule has 0 aliphatic rings. The van der Waals surface area contributed by atoms with E-state index in [1.165, 1.54) is 0 Å². The predicted octanol–water partition coefficient (Wildman–Crippen LogP) is 3.17. The Kier molecular flexibility index (Phi) is 5.04. The number of para-hydroxylation sites is 1. The third-order valence-corrected chi connectivity index (χ3v) is 4.05. The van der Waals surface area contributed by atoms with E-state index >= 15 is 0 Å². The Morgan fingerprint density at radius 1 is 1.00 bits per heavy atom. The minimum absolute atomic E-state index is 0.0307. The first-order valence-corrected chi connectivity index (χ1v) is 8.12. The van der Waals surface area contributed by atoms with E-state index in [0.717, 1.165) is 16.3 Å². The predicted molar refractivity (Wildman–Crippen MR) is 98.5 cm³/mol. The maximum absolute atomic E-state index is 12.7. The number of aromatic nitrogens is 1. The van der Waals surface area contributed by atoms with Crippen LogP contribution in [0.3, 0.4) is 0 Å². The van der Waals surface area contributed by atoms with Crippen molar-refractivity contribution in [2.24, 2.45) is 0 Å². The molecule has 0 fully saturated rings. The number of amides is 2. The Bertz CT molecular complexity index is 916. The van der Waals surface area contributed by atoms with Gasteiger partial charge in [0.1, 0.15) is 5.69 Å². The first-order chi connectivity index (χ1) is 12.2. The molecule has 3 aromatic rings. The number of carbonyl (C=O) groups excluding carboxylic acids is 2. The number of fused-ring (bicyclic) bond motifs is 1. The number of hydrogen-bond donors (Lipinski definition) is 2. The highest BCUT2D eigenvalue weighted by Crippen LogP contribution is 2.20. The molecular formula is C20H19N3O2. The van der Waals surface area contributed by atoms with Crippen LogP contribution in [0.4, 0.5) is 5.69 Å². The lowest BCUT2D eigenvalue weighted by Crippen LogP contribution is -2.19. The molecule has 1 heterocycles. The van der Waals surface area contributed by atoms with Gasteiger partial charge in [0.25, 0.3) is 5.91 Å². The van der Waals surface area contributed by atoms with Crippen molar-refractivity contribution in [3.05, 3.63) is 72.1 Å². The number of hydrogen-bond acceptors (Lipinski definition) is 3. The van der Waals surface area contributed by atoms with Crippen molar-refractivity contribution in [2.45, 2.75) is 12.8 Å². The summed E-state index contributed by atoms with van der Waals surface area (Å²) in [5, 5.41) is 7.31. The zero-order chi connectivity index (χ0) is 17.6. The monoisotopic (exact) mass is 333 g/mol. The molecule has 126 valence electrons. The molecule has 25 heavy (non-hydrogen) atoms. The summed E-state index contributed by atoms with van der Waals surface area (Å²) in [6, 6.07) is 17.0. The molecule has 0 aliphatic heterocycles. The minimum Gasteiger partial charge on any atom is -0.359 e. The van der Waals surface area contributed by atoms with E-state index in [-0.39, 0.29) is 11.8 Å². The van der Waals surface area contributed by atoms with Crippen LogP contribution in [-0.2, 0) is 11.2 Å². The van der Waals surface area contributed by atoms with Gasteiger partial charge in [0.05, 0.1) is 0 Å². The van der Waals surface area contributed by atoms with Crippen LogP contribution in [0.5, 0.6) is 0 Å². The van der Waals surface area contributed by atoms with E-state index in [1.54, 1.807) is 13.2 Å². The maximum atomic E-state index is 12.7. The normalized spacial score (nSPS) is 10.4. The lowest BCUT2D eigenvalue weighted by atomic mass is 10.1. The topological polar surface area (TPSA) is 71.1 Å². The van der Waals surface area contributed by atoms with Crippen LogP contribution in [-0.4, -0.2) is 23.8 Å². The zero-order valence-corrected chi connectivity index (χ0v) is 14.0. The number of anilines is 1. The molecule has 0 aliphatic carbocycles. The highest BCUT2D eigenvalue weighted by Gasteiger charge is 2.13. The fraction of sp³-hybridized carbons (Fsp3) is 0.150. The largest absolute Gasteiger partial charge is 0.359 e. The van der Waals surface area contributed by atoms with E-state index in [2.05, 4.69) is 15.6 Å². The van der Waals surface area contributed by atoms with Crippen molar-refractivity contribution in [3.63, 3.8) is 0 Å². The summed E-state index contributed by atoms with van der Waals surface area (Å²) in [5.41, 5.74) is 2.00. The third-order valence-electron chi connectivity index (χ3n) is 4.05. The number of carbonyl (C=O) groups is 2. The van der Waals surface area contributed by atoms with Gasteiger partial charge in [-0.1, -0.05) is 42.5 Å². The first kappa shape index (κ1) is 16.6. The number of nitrogens with one attached hydrogen (secondary N) is 2. The average molecular weight is 333 g/mol. The highest BCUT2D eigenvalue weighted by atomic mass is 16.2. The van der Waals surface area contributed by atoms with Crippen molar-refractivity contribution < 1.29 is 9.59 Å². The standard InChI is InChI=1S/C20H19N3O2/c1-21-18(24)11-10-15-7-3-5-9-17(15)23-20(25)19-16-8-4-2-6-14(16)12-13-22-19/h2-9,12-13H,10-11H2,1H3,(H,21,24)(H,23,25). The smallest absolute Gasteiger partial charge is 0.274 e. The van der Waals surface area contributed by atoms with Gasteiger partial charge in [0.15, 0.2) is 0 Å². The van der Waals surface area contributed by atoms with Crippen LogP contribution in [0.25, 0.3) is 10.8 Å². The quantitative estimate of drug-likeness (QED) is 0.753. The van der Waals surface area contributed by atoms with E-state index in [4.69, 9.17) is 0 Å². The van der Waals surface area contributed by atoms with Crippen LogP contribution in [0.15, 0.2) is 60.8 Å². The summed E-state index contributed by atoms with van der Waals surface area (Å²) < 4.78 is 0. The SMILES string of the molecule is CNC(=O)CCc1ccccc1NC(=O)c1nccc2ccccc12. The molecule has 2 amide bonds. The molecular weight excluding hydrogens is 314 g/mol. The molecule has 0 unspecified atom stereocenters. The lowest BCUT2D eigenvalue weighted by Gasteiger charge is -2.11. The summed E-state index contributed by atoms with van der Waals surface area (Å²) in [5.74, 6) is -0.291. The molecule has 0 saturated heterocycles. The average Bonchev–Trinajstić information content (AvgIpc) is 2.66. The second-order valence-electron chi connectivity index (χ2n) is 5.67. The molecule has 1 aromatic heterocycles. The number of aryl methyl sites for hydroxylation is 1. The summed E-state index contributed by atoms with van der Waals surface area (Å²) in [6.07, 6.45) is 2.56. The summed E-state index contributed by atoms with van der Waals surface area (Å²) in [4.78, 5) is 28.4. The van der Waals surface area contributed by atoms with Crippen molar-refractivity contribution in [3.8, 4) is 0 Å². The zero-order valence-electron chi connectivity index (χ0n) is 14.0. The fourth-order valence-corrected chi connectivity index (χ4v) is 2.72. The Labute approximate surface area is 146 Å². The van der Waals surface area contributed by atoms with Gasteiger partial charge in [-0.25, -0.2) is 0 Å². The Hall–Kier alpha value is -3.21. The summed E-state index contributed by atoms with van der Waals surface area (Å²) >= 11 is 0. The van der Waals surface area contributed by atoms with Gasteiger partial charge in [-0.3, -0.25) is 14.6 Å². The van der Waals surface area contributed by atoms with Gasteiger partial charge < -0.3 is 10.6 Å². The van der Waals surface area contributed by atoms with Gasteiger partial charge in [-0.15, -0.1) is 0 Å². The Morgan fingerprint density at radius 2 is 1.76 bits per heavy atom. The van der Waals surface area contributed by atoms with Gasteiger partial charge in [0.2, 0.25) is 5.91 Å². The molecule has 3 rings (SSSR count). The highest BCUT2D eigenvalue weighted by molar-refractivity contribution is 6.11. The molecule has 0 atom stereocenters. The van der Waals surface area contributed by atoms with Gasteiger partial charge in [-0.2, -0.15) is 0 Å². The number of pyridine rings is 1. The summed E-state index contributed by atoms with van der Waals surface area (Å²) in [6.45, 7) is 0. The minimum atomic E-state index is -0.260. The van der Waals surface area contributed by atoms with Crippen LogP contribution in [0, 0.1) is 0 Å². The second kappa shape index (κ2) is 7.57. The molecule has 2 aromatic carbocycles. The van der Waals surface area contributed by atoms with E-state index in [9.17, 15) is 9.59 Å². The van der Waals surface area contributed by atoms with Crippen LogP contribution in [0.2, 0.25) is 0 Å². The van der Waals surface area contributed by atoms with Crippen LogP contribution < -0.4 is 10.6 Å². The molecule has 2 N–H and O–H groups in total. The van der Waals surface area contributed by atoms with E-state index in [0.29, 0.717) is 24.2 Å². The molecule has 0 bridgehead atoms. The van der Waals surface area contributed by atoms with Crippen molar-refractivity contribution in [1.82, 2.24) is 10.3 Å². The van der Waals surface area contributed by atoms with Gasteiger partial charge >= 0.3 is 0 Å². The van der Waals surface area contributed by atoms with Crippen molar-refractivity contribution in [1.29, 1.82) is 0 Å². The lowest BCUT2D eigenvalue weighted by molar-refractivity contribution is -0.120. The first-order valence-electron chi connectivity index (χ1n) is 8.12. The Morgan fingerprint density at radius 3 is 2.60 bits per heavy atom. The van der Waals surface area contributed by atoms with Gasteiger partial charge in [-0.05, 0) is 29.5 Å². The fourth-order valence-electron chi connectivity index (χ4n) is 2.72. The van der Waals surface area contributed by atoms with E-state index in [1.807, 2.05) is 54.6 Å². The molecule has 0 radical (unpaired) electrons. The Balaban J connectivity index is 1.84. The van der Waals surface area contributed by atoms with Crippen LogP contribution in [0.1, 0.15) is 22.5 Å². The van der Waals surface area contributed by atoms with Gasteiger partial charge in [0, 0.05) is 30.7 Å². The number of benzene rings is 2. The number of rotatable bonds is 5. The summed E-state index contributed by atoms with van der Waals surface area (Å²) in [7, 11) is 1.61. The van der Waals surface area contributed by atoms with E-state index < -0.39 is 0 Å². The van der Waals surface area contributed by atoms with Crippen molar-refractivity contribution >= 4 is 28.3 Å². The molecule has 0 saturated carbocycles. The molecule has 5 nitrogen and oxygen atoms in total. The van der Waals surface area contributed by atoms with Crippen LogP contribution >= 0.6 is 0 Å².